The van der Waals surface area contributed by atoms with E-state index in [0.717, 1.165) is 48.9 Å². The topological polar surface area (TPSA) is 92.5 Å². The lowest BCUT2D eigenvalue weighted by Gasteiger charge is -2.28. The number of primary amides is 1. The molecule has 2 aromatic carbocycles. The van der Waals surface area contributed by atoms with Crippen LogP contribution < -0.4 is 11.1 Å². The summed E-state index contributed by atoms with van der Waals surface area (Å²) in [6.45, 7) is 4.54. The van der Waals surface area contributed by atoms with Crippen LogP contribution in [-0.2, 0) is 27.1 Å². The summed E-state index contributed by atoms with van der Waals surface area (Å²) in [5.41, 5.74) is 7.17. The number of nitrogens with two attached hydrogens (primary N) is 1. The molecule has 3 amide bonds. The van der Waals surface area contributed by atoms with Crippen molar-refractivity contribution in [3.8, 4) is 11.1 Å². The maximum Gasteiger partial charge on any atom is 0.416 e. The van der Waals surface area contributed by atoms with Gasteiger partial charge in [-0.15, -0.1) is 6.58 Å². The highest BCUT2D eigenvalue weighted by Crippen LogP contribution is 2.38. The van der Waals surface area contributed by atoms with Gasteiger partial charge in [0.15, 0.2) is 0 Å². The lowest BCUT2D eigenvalue weighted by Crippen LogP contribution is -2.50. The van der Waals surface area contributed by atoms with Crippen LogP contribution >= 0.6 is 0 Å². The molecule has 3 atom stereocenters. The minimum atomic E-state index is -4.40. The van der Waals surface area contributed by atoms with E-state index < -0.39 is 35.5 Å². The van der Waals surface area contributed by atoms with Crippen LogP contribution in [-0.4, -0.2) is 35.2 Å². The summed E-state index contributed by atoms with van der Waals surface area (Å²) in [4.78, 5) is 40.8. The minimum Gasteiger partial charge on any atom is -0.369 e. The van der Waals surface area contributed by atoms with E-state index in [0.29, 0.717) is 43.8 Å². The SMILES string of the molecule is C=CC[C@H](C(N)=O)[C@@H](CC1CC1)C(=O)N[C@H]1CCCCN(Cc2cccc(-c3ccc(C(F)(F)F)cc3)c2)C1=O. The van der Waals surface area contributed by atoms with E-state index in [9.17, 15) is 27.6 Å². The smallest absolute Gasteiger partial charge is 0.369 e. The summed E-state index contributed by atoms with van der Waals surface area (Å²) >= 11 is 0. The van der Waals surface area contributed by atoms with E-state index in [4.69, 9.17) is 5.73 Å². The van der Waals surface area contributed by atoms with Crippen molar-refractivity contribution in [2.75, 3.05) is 6.54 Å². The fourth-order valence-electron chi connectivity index (χ4n) is 5.42. The number of alkyl halides is 3. The van der Waals surface area contributed by atoms with E-state index in [1.807, 2.05) is 24.3 Å². The molecule has 0 spiro atoms. The zero-order valence-electron chi connectivity index (χ0n) is 22.5. The quantitative estimate of drug-likeness (QED) is 0.361. The number of likely N-dealkylation sites (tertiary alicyclic amines) is 1. The Hall–Kier alpha value is -3.62. The van der Waals surface area contributed by atoms with Crippen molar-refractivity contribution < 1.29 is 27.6 Å². The fourth-order valence-corrected chi connectivity index (χ4v) is 5.42. The second-order valence-electron chi connectivity index (χ2n) is 10.9. The van der Waals surface area contributed by atoms with Crippen molar-refractivity contribution in [1.29, 1.82) is 0 Å². The van der Waals surface area contributed by atoms with E-state index in [1.165, 1.54) is 12.1 Å². The normalized spacial score (nSPS) is 19.4. The Morgan fingerprint density at radius 3 is 2.40 bits per heavy atom. The van der Waals surface area contributed by atoms with Gasteiger partial charge in [-0.05, 0) is 72.9 Å². The van der Waals surface area contributed by atoms with Gasteiger partial charge in [0, 0.05) is 13.1 Å². The van der Waals surface area contributed by atoms with Crippen molar-refractivity contribution in [2.24, 2.45) is 23.5 Å². The number of nitrogens with one attached hydrogen (secondary N) is 1. The third-order valence-electron chi connectivity index (χ3n) is 7.84. The molecular weight excluding hydrogens is 519 g/mol. The molecule has 1 aliphatic carbocycles. The molecule has 2 aromatic rings. The number of halogens is 3. The van der Waals surface area contributed by atoms with Crippen molar-refractivity contribution in [3.05, 3.63) is 72.3 Å². The Morgan fingerprint density at radius 1 is 1.05 bits per heavy atom. The third kappa shape index (κ3) is 7.52. The molecule has 3 N–H and O–H groups in total. The molecule has 1 saturated carbocycles. The lowest BCUT2D eigenvalue weighted by atomic mass is 9.83. The first-order valence-corrected chi connectivity index (χ1v) is 13.8. The zero-order chi connectivity index (χ0) is 28.9. The van der Waals surface area contributed by atoms with Crippen molar-refractivity contribution in [1.82, 2.24) is 10.2 Å². The Labute approximate surface area is 232 Å². The Bertz CT molecular complexity index is 1220. The van der Waals surface area contributed by atoms with Crippen LogP contribution in [0.5, 0.6) is 0 Å². The number of allylic oxidation sites excluding steroid dienone is 1. The summed E-state index contributed by atoms with van der Waals surface area (Å²) in [6, 6.07) is 11.7. The van der Waals surface area contributed by atoms with Gasteiger partial charge in [-0.1, -0.05) is 49.2 Å². The second kappa shape index (κ2) is 12.7. The van der Waals surface area contributed by atoms with Crippen LogP contribution in [0.2, 0.25) is 0 Å². The molecule has 6 nitrogen and oxygen atoms in total. The van der Waals surface area contributed by atoms with Gasteiger partial charge in [0.2, 0.25) is 17.7 Å². The Kier molecular flexibility index (Phi) is 9.32. The molecule has 0 unspecified atom stereocenters. The lowest BCUT2D eigenvalue weighted by molar-refractivity contribution is -0.139. The van der Waals surface area contributed by atoms with Gasteiger partial charge < -0.3 is 16.0 Å². The summed E-state index contributed by atoms with van der Waals surface area (Å²) in [5.74, 6) is -1.92. The van der Waals surface area contributed by atoms with Crippen LogP contribution in [0.1, 0.15) is 56.1 Å². The second-order valence-corrected chi connectivity index (χ2v) is 10.9. The molecule has 0 bridgehead atoms. The summed E-state index contributed by atoms with van der Waals surface area (Å²) in [7, 11) is 0. The predicted molar refractivity (Wildman–Crippen MR) is 146 cm³/mol. The molecule has 0 radical (unpaired) electrons. The number of nitrogens with zero attached hydrogens (tertiary/aromatic N) is 1. The van der Waals surface area contributed by atoms with Gasteiger partial charge >= 0.3 is 6.18 Å². The Morgan fingerprint density at radius 2 is 1.77 bits per heavy atom. The molecule has 1 saturated heterocycles. The summed E-state index contributed by atoms with van der Waals surface area (Å²) < 4.78 is 38.9. The maximum absolute atomic E-state index is 13.6. The molecule has 1 aliphatic heterocycles. The van der Waals surface area contributed by atoms with Crippen molar-refractivity contribution in [2.45, 2.75) is 63.7 Å². The van der Waals surface area contributed by atoms with E-state index in [1.54, 1.807) is 11.0 Å². The van der Waals surface area contributed by atoms with Gasteiger partial charge in [-0.25, -0.2) is 0 Å². The molecule has 0 aromatic heterocycles. The Balaban J connectivity index is 1.46. The zero-order valence-corrected chi connectivity index (χ0v) is 22.5. The number of carbonyl (C=O) groups excluding carboxylic acids is 3. The molecular formula is C31H36F3N3O3. The van der Waals surface area contributed by atoms with Crippen LogP contribution in [0.15, 0.2) is 61.2 Å². The molecule has 214 valence electrons. The minimum absolute atomic E-state index is 0.185. The average Bonchev–Trinajstić information content (AvgIpc) is 3.76. The van der Waals surface area contributed by atoms with Crippen molar-refractivity contribution >= 4 is 17.7 Å². The highest BCUT2D eigenvalue weighted by Gasteiger charge is 2.38. The molecule has 40 heavy (non-hydrogen) atoms. The summed E-state index contributed by atoms with van der Waals surface area (Å²) in [6.07, 6.45) is 2.15. The van der Waals surface area contributed by atoms with Gasteiger partial charge in [0.05, 0.1) is 17.4 Å². The number of rotatable bonds is 11. The largest absolute Gasteiger partial charge is 0.416 e. The van der Waals surface area contributed by atoms with Gasteiger partial charge in [-0.3, -0.25) is 14.4 Å². The molecule has 2 fully saturated rings. The fraction of sp³-hybridized carbons (Fsp3) is 0.452. The van der Waals surface area contributed by atoms with Gasteiger partial charge in [0.1, 0.15) is 6.04 Å². The number of amides is 3. The van der Waals surface area contributed by atoms with Crippen LogP contribution in [0, 0.1) is 17.8 Å². The first-order chi connectivity index (χ1) is 19.1. The van der Waals surface area contributed by atoms with E-state index in [-0.39, 0.29) is 11.8 Å². The number of benzene rings is 2. The van der Waals surface area contributed by atoms with Crippen LogP contribution in [0.4, 0.5) is 13.2 Å². The third-order valence-corrected chi connectivity index (χ3v) is 7.84. The first kappa shape index (κ1) is 29.4. The average molecular weight is 556 g/mol. The monoisotopic (exact) mass is 555 g/mol. The van der Waals surface area contributed by atoms with E-state index >= 15 is 0 Å². The predicted octanol–water partition coefficient (Wildman–Crippen LogP) is 5.46. The molecule has 2 aliphatic rings. The van der Waals surface area contributed by atoms with Gasteiger partial charge in [0.25, 0.3) is 0 Å². The van der Waals surface area contributed by atoms with Crippen LogP contribution in [0.25, 0.3) is 11.1 Å². The number of carbonyl (C=O) groups is 3. The first-order valence-electron chi connectivity index (χ1n) is 13.8. The summed E-state index contributed by atoms with van der Waals surface area (Å²) in [5, 5.41) is 2.94. The maximum atomic E-state index is 13.6. The molecule has 4 rings (SSSR count). The number of hydrogen-bond donors (Lipinski definition) is 2. The molecule has 9 heteroatoms. The highest BCUT2D eigenvalue weighted by atomic mass is 19.4. The van der Waals surface area contributed by atoms with Gasteiger partial charge in [-0.2, -0.15) is 13.2 Å². The van der Waals surface area contributed by atoms with Crippen LogP contribution in [0.3, 0.4) is 0 Å². The molecule has 1 heterocycles. The van der Waals surface area contributed by atoms with Crippen molar-refractivity contribution in [3.63, 3.8) is 0 Å². The standard InChI is InChI=1S/C31H36F3N3O3/c1-2-6-25(28(35)38)26(18-20-10-11-20)29(39)36-27-9-3-4-16-37(30(27)40)19-21-7-5-8-23(17-21)22-12-14-24(15-13-22)31(32,33)34/h2,5,7-8,12-15,17,20,25-27H,1,3-4,6,9-11,16,18-19H2,(H2,35,38)(H,36,39)/t25-,26+,27-/m0/s1. The van der Waals surface area contributed by atoms with E-state index in [2.05, 4.69) is 11.9 Å². The highest BCUT2D eigenvalue weighted by molar-refractivity contribution is 5.91. The number of hydrogen-bond acceptors (Lipinski definition) is 3.